The highest BCUT2D eigenvalue weighted by Gasteiger charge is 2.27. The molecule has 1 aromatic rings. The number of carbonyl (C=O) groups excluding carboxylic acids is 2. The Morgan fingerprint density at radius 2 is 1.59 bits per heavy atom. The third-order valence-electron chi connectivity index (χ3n) is 5.74. The van der Waals surface area contributed by atoms with Crippen LogP contribution in [-0.2, 0) is 14.8 Å². The zero-order valence-corrected chi connectivity index (χ0v) is 18.0. The molecule has 0 bridgehead atoms. The van der Waals surface area contributed by atoms with Crippen LogP contribution in [0.15, 0.2) is 23.1 Å². The molecule has 0 unspecified atom stereocenters. The van der Waals surface area contributed by atoms with E-state index in [0.717, 1.165) is 51.6 Å². The van der Waals surface area contributed by atoms with Crippen LogP contribution in [0.3, 0.4) is 0 Å². The molecule has 2 aliphatic heterocycles. The van der Waals surface area contributed by atoms with Gasteiger partial charge in [-0.25, -0.2) is 8.42 Å². The normalized spacial score (nSPS) is 18.4. The number of carbonyl (C=O) groups is 2. The number of benzene rings is 1. The molecule has 2 heterocycles. The van der Waals surface area contributed by atoms with Crippen molar-refractivity contribution in [2.24, 2.45) is 0 Å². The summed E-state index contributed by atoms with van der Waals surface area (Å²) in [5.41, 5.74) is 1.05. The lowest BCUT2D eigenvalue weighted by molar-refractivity contribution is -0.131. The number of rotatable bonds is 6. The Balaban J connectivity index is 1.62. The molecule has 2 fully saturated rings. The second-order valence-corrected chi connectivity index (χ2v) is 9.83. The molecule has 7 nitrogen and oxygen atoms in total. The molecule has 0 atom stereocenters. The van der Waals surface area contributed by atoms with Crippen molar-refractivity contribution >= 4 is 21.8 Å². The number of aryl methyl sites for hydroxylation is 1. The maximum atomic E-state index is 12.9. The average molecular weight is 422 g/mol. The van der Waals surface area contributed by atoms with Crippen molar-refractivity contribution in [1.29, 1.82) is 0 Å². The quantitative estimate of drug-likeness (QED) is 0.764. The minimum atomic E-state index is -3.59. The van der Waals surface area contributed by atoms with Gasteiger partial charge in [0.05, 0.1) is 4.90 Å². The lowest BCUT2D eigenvalue weighted by atomic mass is 10.1. The van der Waals surface area contributed by atoms with Crippen LogP contribution >= 0.6 is 0 Å². The number of nitrogens with zero attached hydrogens (tertiary/aromatic N) is 2. The van der Waals surface area contributed by atoms with E-state index < -0.39 is 10.0 Å². The lowest BCUT2D eigenvalue weighted by Crippen LogP contribution is -2.38. The molecule has 1 aromatic carbocycles. The molecule has 2 aliphatic rings. The van der Waals surface area contributed by atoms with Gasteiger partial charge in [-0.2, -0.15) is 4.31 Å². The Kier molecular flexibility index (Phi) is 7.29. The summed E-state index contributed by atoms with van der Waals surface area (Å²) in [4.78, 5) is 26.9. The maximum Gasteiger partial charge on any atom is 0.251 e. The number of sulfonamides is 1. The van der Waals surface area contributed by atoms with Gasteiger partial charge in [-0.3, -0.25) is 9.59 Å². The molecule has 0 aliphatic carbocycles. The van der Waals surface area contributed by atoms with Gasteiger partial charge in [0.2, 0.25) is 15.9 Å². The fourth-order valence-corrected chi connectivity index (χ4v) is 5.48. The third kappa shape index (κ3) is 5.36. The van der Waals surface area contributed by atoms with E-state index in [4.69, 9.17) is 0 Å². The predicted octanol–water partition coefficient (Wildman–Crippen LogP) is 2.30. The summed E-state index contributed by atoms with van der Waals surface area (Å²) in [7, 11) is -3.59. The van der Waals surface area contributed by atoms with Crippen molar-refractivity contribution in [1.82, 2.24) is 14.5 Å². The molecular formula is C21H31N3O4S. The van der Waals surface area contributed by atoms with Crippen molar-refractivity contribution in [2.75, 3.05) is 32.7 Å². The summed E-state index contributed by atoms with van der Waals surface area (Å²) in [6, 6.07) is 4.70. The second-order valence-electron chi connectivity index (χ2n) is 7.89. The van der Waals surface area contributed by atoms with Gasteiger partial charge in [-0.05, 0) is 56.7 Å². The molecule has 160 valence electrons. The fraction of sp³-hybridized carbons (Fsp3) is 0.619. The first kappa shape index (κ1) is 21.8. The van der Waals surface area contributed by atoms with Crippen LogP contribution in [0.4, 0.5) is 0 Å². The summed E-state index contributed by atoms with van der Waals surface area (Å²) in [6.45, 7) is 4.67. The van der Waals surface area contributed by atoms with Gasteiger partial charge >= 0.3 is 0 Å². The summed E-state index contributed by atoms with van der Waals surface area (Å²) in [6.07, 6.45) is 6.27. The molecule has 1 N–H and O–H groups in total. The molecule has 0 radical (unpaired) electrons. The number of nitrogens with one attached hydrogen (secondary N) is 1. The minimum Gasteiger partial charge on any atom is -0.352 e. The highest BCUT2D eigenvalue weighted by Crippen LogP contribution is 2.23. The van der Waals surface area contributed by atoms with E-state index in [1.165, 1.54) is 10.4 Å². The monoisotopic (exact) mass is 421 g/mol. The van der Waals surface area contributed by atoms with Crippen LogP contribution < -0.4 is 5.32 Å². The highest BCUT2D eigenvalue weighted by molar-refractivity contribution is 7.89. The molecular weight excluding hydrogens is 390 g/mol. The van der Waals surface area contributed by atoms with Crippen LogP contribution in [0, 0.1) is 6.92 Å². The lowest BCUT2D eigenvalue weighted by Gasteiger charge is -2.26. The summed E-state index contributed by atoms with van der Waals surface area (Å²) >= 11 is 0. The largest absolute Gasteiger partial charge is 0.352 e. The molecule has 0 aromatic heterocycles. The Hall–Kier alpha value is -1.93. The number of hydrogen-bond donors (Lipinski definition) is 1. The Morgan fingerprint density at radius 3 is 2.24 bits per heavy atom. The molecule has 8 heteroatoms. The molecule has 3 rings (SSSR count). The second kappa shape index (κ2) is 9.71. The van der Waals surface area contributed by atoms with E-state index in [1.807, 2.05) is 4.90 Å². The van der Waals surface area contributed by atoms with Crippen molar-refractivity contribution in [3.8, 4) is 0 Å². The van der Waals surface area contributed by atoms with Gasteiger partial charge < -0.3 is 10.2 Å². The standard InChI is InChI=1S/C21H31N3O4S/c1-17-8-9-18(29(27,28)24-14-6-3-7-15-24)16-19(17)21(26)22-11-10-20(25)23-12-4-2-5-13-23/h8-9,16H,2-7,10-15H2,1H3,(H,22,26). The van der Waals surface area contributed by atoms with Gasteiger partial charge in [-0.1, -0.05) is 12.5 Å². The smallest absolute Gasteiger partial charge is 0.251 e. The van der Waals surface area contributed by atoms with E-state index in [9.17, 15) is 18.0 Å². The fourth-order valence-electron chi connectivity index (χ4n) is 3.94. The molecule has 2 amide bonds. The summed E-state index contributed by atoms with van der Waals surface area (Å²) < 4.78 is 27.3. The van der Waals surface area contributed by atoms with Crippen LogP contribution in [0.5, 0.6) is 0 Å². The summed E-state index contributed by atoms with van der Waals surface area (Å²) in [5, 5.41) is 2.77. The highest BCUT2D eigenvalue weighted by atomic mass is 32.2. The Morgan fingerprint density at radius 1 is 0.966 bits per heavy atom. The van der Waals surface area contributed by atoms with E-state index >= 15 is 0 Å². The SMILES string of the molecule is Cc1ccc(S(=O)(=O)N2CCCCC2)cc1C(=O)NCCC(=O)N1CCCCC1. The van der Waals surface area contributed by atoms with Crippen LogP contribution in [0.25, 0.3) is 0 Å². The number of piperidine rings is 2. The van der Waals surface area contributed by atoms with Gasteiger partial charge in [-0.15, -0.1) is 0 Å². The van der Waals surface area contributed by atoms with E-state index in [0.29, 0.717) is 24.2 Å². The van der Waals surface area contributed by atoms with Crippen molar-refractivity contribution in [3.63, 3.8) is 0 Å². The zero-order chi connectivity index (χ0) is 20.9. The van der Waals surface area contributed by atoms with Crippen molar-refractivity contribution < 1.29 is 18.0 Å². The van der Waals surface area contributed by atoms with Crippen LogP contribution in [0.1, 0.15) is 60.9 Å². The number of likely N-dealkylation sites (tertiary alicyclic amines) is 1. The first-order valence-electron chi connectivity index (χ1n) is 10.6. The van der Waals surface area contributed by atoms with Gasteiger partial charge in [0.25, 0.3) is 5.91 Å². The van der Waals surface area contributed by atoms with Gasteiger partial charge in [0.1, 0.15) is 0 Å². The number of hydrogen-bond acceptors (Lipinski definition) is 4. The average Bonchev–Trinajstić information content (AvgIpc) is 2.75. The van der Waals surface area contributed by atoms with E-state index in [1.54, 1.807) is 19.1 Å². The van der Waals surface area contributed by atoms with Crippen LogP contribution in [-0.4, -0.2) is 62.2 Å². The predicted molar refractivity (Wildman–Crippen MR) is 111 cm³/mol. The molecule has 0 saturated carbocycles. The Labute approximate surface area is 173 Å². The first-order chi connectivity index (χ1) is 13.9. The van der Waals surface area contributed by atoms with E-state index in [-0.39, 0.29) is 29.7 Å². The molecule has 0 spiro atoms. The van der Waals surface area contributed by atoms with Gasteiger partial charge in [0, 0.05) is 44.7 Å². The maximum absolute atomic E-state index is 12.9. The number of amides is 2. The van der Waals surface area contributed by atoms with Gasteiger partial charge in [0.15, 0.2) is 0 Å². The van der Waals surface area contributed by atoms with Crippen molar-refractivity contribution in [3.05, 3.63) is 29.3 Å². The van der Waals surface area contributed by atoms with Crippen LogP contribution in [0.2, 0.25) is 0 Å². The topological polar surface area (TPSA) is 86.8 Å². The minimum absolute atomic E-state index is 0.0585. The first-order valence-corrected chi connectivity index (χ1v) is 12.0. The Bertz CT molecular complexity index is 841. The molecule has 2 saturated heterocycles. The molecule has 29 heavy (non-hydrogen) atoms. The summed E-state index contributed by atoms with van der Waals surface area (Å²) in [5.74, 6) is -0.284. The zero-order valence-electron chi connectivity index (χ0n) is 17.2. The van der Waals surface area contributed by atoms with Crippen molar-refractivity contribution in [2.45, 2.75) is 56.8 Å². The third-order valence-corrected chi connectivity index (χ3v) is 7.63. The van der Waals surface area contributed by atoms with E-state index in [2.05, 4.69) is 5.32 Å².